The number of nitrogens with zero attached hydrogens (tertiary/aromatic N) is 1. The maximum absolute atomic E-state index is 11.8. The van der Waals surface area contributed by atoms with Gasteiger partial charge in [0.1, 0.15) is 6.07 Å². The first-order valence-electron chi connectivity index (χ1n) is 4.88. The minimum absolute atomic E-state index is 0.176. The van der Waals surface area contributed by atoms with Gasteiger partial charge in [-0.3, -0.25) is 0 Å². The molecule has 0 heterocycles. The van der Waals surface area contributed by atoms with Crippen LogP contribution in [-0.2, 0) is 14.8 Å². The first-order valence-corrected chi connectivity index (χ1v) is 6.74. The van der Waals surface area contributed by atoms with E-state index in [9.17, 15) is 13.2 Å². The van der Waals surface area contributed by atoms with Gasteiger partial charge in [-0.05, 0) is 18.2 Å². The lowest BCUT2D eigenvalue weighted by atomic mass is 10.2. The number of aliphatic hydroxyl groups is 1. The Bertz CT molecular complexity index is 638. The molecule has 0 aliphatic carbocycles. The SMILES string of the molecule is N#Cc1cc(Cl)ccc1S(=O)(=O)NC[C@H](O)C(=O)O. The number of aliphatic hydroxyl groups excluding tert-OH is 1. The molecule has 1 rings (SSSR count). The number of carbonyl (C=O) groups is 1. The zero-order chi connectivity index (χ0) is 14.6. The molecular formula is C10H9ClN2O5S. The summed E-state index contributed by atoms with van der Waals surface area (Å²) >= 11 is 5.63. The van der Waals surface area contributed by atoms with Crippen molar-refractivity contribution in [1.29, 1.82) is 5.26 Å². The lowest BCUT2D eigenvalue weighted by Gasteiger charge is -2.10. The van der Waals surface area contributed by atoms with E-state index in [1.54, 1.807) is 6.07 Å². The van der Waals surface area contributed by atoms with Crippen LogP contribution in [0, 0.1) is 11.3 Å². The number of aliphatic carboxylic acids is 1. The van der Waals surface area contributed by atoms with Crippen molar-refractivity contribution >= 4 is 27.6 Å². The Morgan fingerprint density at radius 3 is 2.68 bits per heavy atom. The van der Waals surface area contributed by atoms with Crippen LogP contribution in [0.3, 0.4) is 0 Å². The van der Waals surface area contributed by atoms with Crippen LogP contribution in [0.2, 0.25) is 5.02 Å². The van der Waals surface area contributed by atoms with Crippen molar-refractivity contribution < 1.29 is 23.4 Å². The molecule has 1 atom stereocenters. The minimum Gasteiger partial charge on any atom is -0.479 e. The van der Waals surface area contributed by atoms with Crippen LogP contribution >= 0.6 is 11.6 Å². The first kappa shape index (κ1) is 15.4. The Kier molecular flexibility index (Phi) is 4.85. The van der Waals surface area contributed by atoms with Gasteiger partial charge < -0.3 is 10.2 Å². The molecule has 0 aliphatic heterocycles. The van der Waals surface area contributed by atoms with E-state index in [1.165, 1.54) is 12.1 Å². The van der Waals surface area contributed by atoms with E-state index in [2.05, 4.69) is 0 Å². The molecular weight excluding hydrogens is 296 g/mol. The maximum Gasteiger partial charge on any atom is 0.333 e. The summed E-state index contributed by atoms with van der Waals surface area (Å²) in [5, 5.41) is 26.4. The molecule has 0 spiro atoms. The predicted octanol–water partition coefficient (Wildman–Crippen LogP) is -0.0645. The van der Waals surface area contributed by atoms with Crippen LogP contribution < -0.4 is 4.72 Å². The average molecular weight is 305 g/mol. The number of hydrogen-bond acceptors (Lipinski definition) is 5. The van der Waals surface area contributed by atoms with Crippen molar-refractivity contribution in [2.45, 2.75) is 11.0 Å². The maximum atomic E-state index is 11.8. The summed E-state index contributed by atoms with van der Waals surface area (Å²) in [5.74, 6) is -1.56. The molecule has 0 bridgehead atoms. The summed E-state index contributed by atoms with van der Waals surface area (Å²) in [4.78, 5) is 10.0. The third-order valence-electron chi connectivity index (χ3n) is 2.10. The Balaban J connectivity index is 3.02. The summed E-state index contributed by atoms with van der Waals surface area (Å²) < 4.78 is 25.6. The van der Waals surface area contributed by atoms with Crippen molar-refractivity contribution in [2.75, 3.05) is 6.54 Å². The predicted molar refractivity (Wildman–Crippen MR) is 65.0 cm³/mol. The molecule has 0 aromatic heterocycles. The minimum atomic E-state index is -4.10. The van der Waals surface area contributed by atoms with E-state index in [4.69, 9.17) is 27.1 Å². The molecule has 0 aliphatic rings. The molecule has 9 heteroatoms. The quantitative estimate of drug-likeness (QED) is 0.699. The molecule has 1 aromatic carbocycles. The van der Waals surface area contributed by atoms with Crippen LogP contribution in [-0.4, -0.2) is 37.2 Å². The third kappa shape index (κ3) is 3.90. The van der Waals surface area contributed by atoms with Gasteiger partial charge in [-0.15, -0.1) is 0 Å². The van der Waals surface area contributed by atoms with Crippen molar-refractivity contribution in [1.82, 2.24) is 4.72 Å². The molecule has 3 N–H and O–H groups in total. The molecule has 102 valence electrons. The summed E-state index contributed by atoms with van der Waals surface area (Å²) in [7, 11) is -4.10. The molecule has 0 unspecified atom stereocenters. The number of nitrogens with one attached hydrogen (secondary N) is 1. The molecule has 1 aromatic rings. The number of sulfonamides is 1. The average Bonchev–Trinajstić information content (AvgIpc) is 2.35. The molecule has 19 heavy (non-hydrogen) atoms. The highest BCUT2D eigenvalue weighted by Gasteiger charge is 2.22. The second kappa shape index (κ2) is 5.99. The first-order chi connectivity index (χ1) is 8.77. The van der Waals surface area contributed by atoms with Gasteiger partial charge in [0, 0.05) is 11.6 Å². The highest BCUT2D eigenvalue weighted by atomic mass is 35.5. The topological polar surface area (TPSA) is 127 Å². The van der Waals surface area contributed by atoms with Crippen molar-refractivity contribution in [3.05, 3.63) is 28.8 Å². The Labute approximate surface area is 114 Å². The number of carboxylic acid groups (broad SMARTS) is 1. The molecule has 0 fully saturated rings. The largest absolute Gasteiger partial charge is 0.479 e. The van der Waals surface area contributed by atoms with Crippen molar-refractivity contribution in [3.63, 3.8) is 0 Å². The van der Waals surface area contributed by atoms with Crippen LogP contribution in [0.25, 0.3) is 0 Å². The standard InChI is InChI=1S/C10H9ClN2O5S/c11-7-1-2-9(6(3-7)4-12)19(17,18)13-5-8(14)10(15)16/h1-3,8,13-14H,5H2,(H,15,16)/t8-/m0/s1. The van der Waals surface area contributed by atoms with E-state index in [-0.39, 0.29) is 15.5 Å². The van der Waals surface area contributed by atoms with Crippen LogP contribution in [0.5, 0.6) is 0 Å². The highest BCUT2D eigenvalue weighted by molar-refractivity contribution is 7.89. The van der Waals surface area contributed by atoms with E-state index >= 15 is 0 Å². The summed E-state index contributed by atoms with van der Waals surface area (Å²) in [6, 6.07) is 5.24. The van der Waals surface area contributed by atoms with E-state index in [0.29, 0.717) is 0 Å². The van der Waals surface area contributed by atoms with Gasteiger partial charge in [0.2, 0.25) is 10.0 Å². The van der Waals surface area contributed by atoms with Crippen LogP contribution in [0.4, 0.5) is 0 Å². The van der Waals surface area contributed by atoms with E-state index in [0.717, 1.165) is 6.07 Å². The number of hydrogen-bond donors (Lipinski definition) is 3. The van der Waals surface area contributed by atoms with Crippen molar-refractivity contribution in [3.8, 4) is 6.07 Å². The fourth-order valence-electron chi connectivity index (χ4n) is 1.18. The summed E-state index contributed by atoms with van der Waals surface area (Å²) in [6.45, 7) is -0.703. The number of rotatable bonds is 5. The fourth-order valence-corrected chi connectivity index (χ4v) is 2.52. The second-order valence-corrected chi connectivity index (χ2v) is 5.63. The van der Waals surface area contributed by atoms with Gasteiger partial charge in [-0.25, -0.2) is 17.9 Å². The zero-order valence-corrected chi connectivity index (χ0v) is 10.9. The second-order valence-electron chi connectivity index (χ2n) is 3.46. The monoisotopic (exact) mass is 304 g/mol. The lowest BCUT2D eigenvalue weighted by Crippen LogP contribution is -2.36. The highest BCUT2D eigenvalue weighted by Crippen LogP contribution is 2.19. The van der Waals surface area contributed by atoms with Crippen LogP contribution in [0.15, 0.2) is 23.1 Å². The normalized spacial score (nSPS) is 12.7. The summed E-state index contributed by atoms with van der Waals surface area (Å²) in [5.41, 5.74) is -0.176. The smallest absolute Gasteiger partial charge is 0.333 e. The fraction of sp³-hybridized carbons (Fsp3) is 0.200. The van der Waals surface area contributed by atoms with Gasteiger partial charge in [0.05, 0.1) is 10.5 Å². The van der Waals surface area contributed by atoms with Gasteiger partial charge in [0.25, 0.3) is 0 Å². The van der Waals surface area contributed by atoms with Gasteiger partial charge in [-0.1, -0.05) is 11.6 Å². The Morgan fingerprint density at radius 1 is 1.53 bits per heavy atom. The third-order valence-corrected chi connectivity index (χ3v) is 3.82. The van der Waals surface area contributed by atoms with Gasteiger partial charge >= 0.3 is 5.97 Å². The molecule has 0 saturated carbocycles. The lowest BCUT2D eigenvalue weighted by molar-refractivity contribution is -0.146. The van der Waals surface area contributed by atoms with E-state index < -0.39 is 28.6 Å². The van der Waals surface area contributed by atoms with Gasteiger partial charge in [-0.2, -0.15) is 5.26 Å². The Hall–Kier alpha value is -1.66. The number of nitriles is 1. The molecule has 7 nitrogen and oxygen atoms in total. The van der Waals surface area contributed by atoms with Crippen LogP contribution in [0.1, 0.15) is 5.56 Å². The van der Waals surface area contributed by atoms with E-state index in [1.807, 2.05) is 4.72 Å². The van der Waals surface area contributed by atoms with Gasteiger partial charge in [0.15, 0.2) is 6.10 Å². The molecule has 0 radical (unpaired) electrons. The number of benzene rings is 1. The number of halogens is 1. The molecule has 0 saturated heterocycles. The zero-order valence-electron chi connectivity index (χ0n) is 9.37. The molecule has 0 amide bonds. The summed E-state index contributed by atoms with van der Waals surface area (Å²) in [6.07, 6.45) is -1.87. The van der Waals surface area contributed by atoms with Crippen molar-refractivity contribution in [2.24, 2.45) is 0 Å². The Morgan fingerprint density at radius 2 is 2.16 bits per heavy atom. The number of carboxylic acids is 1.